The first kappa shape index (κ1) is 25.7. The third-order valence-corrected chi connectivity index (χ3v) is 11.6. The van der Waals surface area contributed by atoms with Crippen LogP contribution in [0.15, 0.2) is 85.1 Å². The zero-order valence-corrected chi connectivity index (χ0v) is 28.5. The van der Waals surface area contributed by atoms with Crippen LogP contribution in [-0.2, 0) is 31.7 Å². The Morgan fingerprint density at radius 2 is 1.69 bits per heavy atom. The van der Waals surface area contributed by atoms with Gasteiger partial charge in [-0.15, -0.1) is 0 Å². The molecule has 1 aliphatic heterocycles. The molecule has 8 rings (SSSR count). The van der Waals surface area contributed by atoms with E-state index >= 15 is 0 Å². The fourth-order valence-electron chi connectivity index (χ4n) is 8.60. The van der Waals surface area contributed by atoms with Crippen LogP contribution < -0.4 is 9.64 Å². The molecule has 2 aromatic heterocycles. The van der Waals surface area contributed by atoms with Crippen LogP contribution in [0, 0.1) is 9.72 Å². The van der Waals surface area contributed by atoms with Crippen molar-refractivity contribution in [3.63, 3.8) is 0 Å². The maximum atomic E-state index is 8.21. The number of hydrogen-bond donors (Lipinski definition) is 0. The third kappa shape index (κ3) is 4.68. The zero-order valence-electron chi connectivity index (χ0n) is 29.2. The number of anilines is 2. The molecular weight excluding hydrogens is 736 g/mol. The molecule has 0 saturated heterocycles. The van der Waals surface area contributed by atoms with Crippen LogP contribution >= 0.6 is 0 Å². The van der Waals surface area contributed by atoms with E-state index in [-0.39, 0.29) is 11.0 Å². The number of nitrogens with zero attached hydrogens (tertiary/aromatic N) is 4. The molecule has 2 atom stereocenters. The summed E-state index contributed by atoms with van der Waals surface area (Å²) in [6, 6.07) is 26.7. The van der Waals surface area contributed by atoms with Gasteiger partial charge in [0.15, 0.2) is 0 Å². The summed E-state index contributed by atoms with van der Waals surface area (Å²) >= 11 is 2.12. The van der Waals surface area contributed by atoms with E-state index in [1.165, 1.54) is 66.3 Å². The van der Waals surface area contributed by atoms with Gasteiger partial charge in [0.1, 0.15) is 0 Å². The van der Waals surface area contributed by atoms with Gasteiger partial charge in [0, 0.05) is 6.20 Å². The van der Waals surface area contributed by atoms with E-state index in [0.29, 0.717) is 26.9 Å². The van der Waals surface area contributed by atoms with Crippen molar-refractivity contribution in [1.82, 2.24) is 14.1 Å². The average molecular weight is 781 g/mol. The second kappa shape index (κ2) is 10.8. The summed E-state index contributed by atoms with van der Waals surface area (Å²) in [5.74, 6) is 3.73. The summed E-state index contributed by atoms with van der Waals surface area (Å²) in [5, 5.41) is 0. The van der Waals surface area contributed by atoms with Crippen molar-refractivity contribution >= 4 is 22.5 Å². The van der Waals surface area contributed by atoms with Gasteiger partial charge in [0.2, 0.25) is 0 Å². The fourth-order valence-corrected chi connectivity index (χ4v) is 9.44. The second-order valence-corrected chi connectivity index (χ2v) is 15.2. The van der Waals surface area contributed by atoms with Crippen molar-refractivity contribution < 1.29 is 28.2 Å². The minimum atomic E-state index is -2.30. The molecule has 0 radical (unpaired) electrons. The van der Waals surface area contributed by atoms with Crippen LogP contribution in [0.25, 0.3) is 16.7 Å². The van der Waals surface area contributed by atoms with Crippen molar-refractivity contribution in [2.24, 2.45) is 12.9 Å². The molecule has 2 aliphatic carbocycles. The summed E-state index contributed by atoms with van der Waals surface area (Å²) in [5.41, 5.74) is 6.39. The molecule has 234 valence electrons. The standard InChI is InChI=1S/C39H42N4O.Pt/c1-38(2,3)27-19-22-40-37(23-27)43-36-25-30(17-18-32(36)31-13-10-14-33(31)39(43)20-7-8-21-39)44-29-12-9-11-28(24-29)42-26-41(4)34-15-5-6-16-35(34)42;/h5-6,9,11-12,15-19,22-25,31,33H,7-8,10,13-14,20-21H2,1-4H3;/i4D3;. The summed E-state index contributed by atoms with van der Waals surface area (Å²) in [4.78, 5) is 7.69. The van der Waals surface area contributed by atoms with Gasteiger partial charge in [-0.1, -0.05) is 40.0 Å². The summed E-state index contributed by atoms with van der Waals surface area (Å²) in [7, 11) is 0. The van der Waals surface area contributed by atoms with Crippen molar-refractivity contribution in [3.05, 3.63) is 100.0 Å². The van der Waals surface area contributed by atoms with Crippen LogP contribution in [0.3, 0.4) is 0 Å². The quantitative estimate of drug-likeness (QED) is 0.182. The van der Waals surface area contributed by atoms with E-state index in [4.69, 9.17) is 13.8 Å². The molecule has 5 aromatic rings. The Labute approximate surface area is 281 Å². The molecular formula is C39H42N4OPt. The van der Waals surface area contributed by atoms with E-state index in [0.717, 1.165) is 22.8 Å². The van der Waals surface area contributed by atoms with E-state index in [9.17, 15) is 0 Å². The van der Waals surface area contributed by atoms with Crippen LogP contribution in [0.5, 0.6) is 11.5 Å². The predicted octanol–water partition coefficient (Wildman–Crippen LogP) is 9.88. The number of pyridine rings is 1. The number of hydrogen-bond acceptors (Lipinski definition) is 3. The Morgan fingerprint density at radius 3 is 2.49 bits per heavy atom. The predicted molar refractivity (Wildman–Crippen MR) is 178 cm³/mol. The second-order valence-electron chi connectivity index (χ2n) is 14.2. The summed E-state index contributed by atoms with van der Waals surface area (Å²) < 4.78 is 35.3. The Balaban J connectivity index is 1.22. The molecule has 3 aliphatic rings. The third-order valence-electron chi connectivity index (χ3n) is 10.6. The van der Waals surface area contributed by atoms with Gasteiger partial charge < -0.3 is 0 Å². The Kier molecular flexibility index (Phi) is 6.19. The molecule has 45 heavy (non-hydrogen) atoms. The number of imidazole rings is 1. The Bertz CT molecular complexity index is 2090. The molecule has 0 bridgehead atoms. The topological polar surface area (TPSA) is 35.2 Å². The summed E-state index contributed by atoms with van der Waals surface area (Å²) in [6.45, 7) is 4.51. The first-order valence-corrected chi connectivity index (χ1v) is 17.5. The number of para-hydroxylation sites is 2. The molecule has 0 amide bonds. The van der Waals surface area contributed by atoms with Gasteiger partial charge in [-0.3, -0.25) is 0 Å². The van der Waals surface area contributed by atoms with E-state index < -0.39 is 6.98 Å². The van der Waals surface area contributed by atoms with Gasteiger partial charge in [-0.05, 0) is 23.5 Å². The first-order chi connectivity index (χ1) is 23.0. The molecule has 2 unspecified atom stereocenters. The van der Waals surface area contributed by atoms with Crippen LogP contribution in [0.4, 0.5) is 11.5 Å². The molecule has 2 saturated carbocycles. The molecule has 1 spiro atoms. The zero-order chi connectivity index (χ0) is 33.4. The monoisotopic (exact) mass is 780 g/mol. The molecule has 2 fully saturated rings. The van der Waals surface area contributed by atoms with Gasteiger partial charge in [0.05, 0.1) is 0 Å². The van der Waals surface area contributed by atoms with Gasteiger partial charge >= 0.3 is 213 Å². The van der Waals surface area contributed by atoms with Crippen LogP contribution in [-0.4, -0.2) is 19.7 Å². The van der Waals surface area contributed by atoms with Crippen molar-refractivity contribution in [2.45, 2.75) is 82.6 Å². The van der Waals surface area contributed by atoms with Crippen molar-refractivity contribution in [2.75, 3.05) is 4.90 Å². The van der Waals surface area contributed by atoms with Crippen molar-refractivity contribution in [3.8, 4) is 17.2 Å². The maximum absolute atomic E-state index is 8.21. The Hall–Kier alpha value is -3.43. The number of rotatable bonds is 4. The molecule has 0 N–H and O–H groups in total. The minimum absolute atomic E-state index is 0.0245. The molecule has 3 aromatic carbocycles. The van der Waals surface area contributed by atoms with E-state index in [1.54, 1.807) is 0 Å². The number of fused-ring (bicyclic) bond motifs is 5. The fraction of sp³-hybridized carbons (Fsp3) is 0.385. The normalized spacial score (nSPS) is 21.8. The molecule has 6 heteroatoms. The average Bonchev–Trinajstić information content (AvgIpc) is 3.79. The van der Waals surface area contributed by atoms with E-state index in [2.05, 4.69) is 75.4 Å². The molecule has 5 nitrogen and oxygen atoms in total. The molecule has 3 heterocycles. The SMILES string of the molecule is [2H]C([2H])([2H])n1[c](=[Pt])n(-c2cccc(Oc3ccc4c(c3)N(c3cc(C(C)(C)C)ccn3)C3(CCCC3)C3CCCC43)c2)c2ccccc21. The van der Waals surface area contributed by atoms with Crippen molar-refractivity contribution in [1.29, 1.82) is 0 Å². The number of ether oxygens (including phenoxy) is 1. The Morgan fingerprint density at radius 1 is 0.889 bits per heavy atom. The van der Waals surface area contributed by atoms with Gasteiger partial charge in [-0.2, -0.15) is 0 Å². The number of aryl methyl sites for hydroxylation is 1. The first-order valence-electron chi connectivity index (χ1n) is 17.8. The number of benzene rings is 3. The van der Waals surface area contributed by atoms with Gasteiger partial charge in [-0.25, -0.2) is 0 Å². The number of aromatic nitrogens is 3. The van der Waals surface area contributed by atoms with Crippen LogP contribution in [0.2, 0.25) is 0 Å². The van der Waals surface area contributed by atoms with Crippen LogP contribution in [0.1, 0.15) is 86.9 Å². The summed E-state index contributed by atoms with van der Waals surface area (Å²) in [6.07, 6.45) is 10.7. The van der Waals surface area contributed by atoms with Gasteiger partial charge in [0.25, 0.3) is 0 Å². The van der Waals surface area contributed by atoms with E-state index in [1.807, 2.05) is 59.3 Å².